The third-order valence-electron chi connectivity index (χ3n) is 4.71. The molecule has 2 fully saturated rings. The molecule has 1 N–H and O–H groups in total. The van der Waals surface area contributed by atoms with Crippen LogP contribution in [0.15, 0.2) is 48.8 Å². The molecule has 4 rings (SSSR count). The number of rotatable bonds is 3. The number of piperazine rings is 1. The summed E-state index contributed by atoms with van der Waals surface area (Å²) in [6.07, 6.45) is 7.61. The number of hydrogen-bond donors (Lipinski definition) is 1. The van der Waals surface area contributed by atoms with Crippen molar-refractivity contribution >= 4 is 5.69 Å². The van der Waals surface area contributed by atoms with Gasteiger partial charge in [-0.3, -0.25) is 4.98 Å². The van der Waals surface area contributed by atoms with Crippen molar-refractivity contribution in [3.8, 4) is 0 Å². The number of benzene rings is 1. The second kappa shape index (κ2) is 5.49. The maximum Gasteiger partial charge on any atom is 0.0561 e. The largest absolute Gasteiger partial charge is 0.362 e. The fraction of sp³-hybridized carbons (Fsp3) is 0.389. The Kier molecular flexibility index (Phi) is 3.36. The van der Waals surface area contributed by atoms with Gasteiger partial charge in [-0.15, -0.1) is 0 Å². The minimum absolute atomic E-state index is 0.650. The Morgan fingerprint density at radius 3 is 2.52 bits per heavy atom. The molecule has 2 bridgehead atoms. The zero-order valence-corrected chi connectivity index (χ0v) is 12.2. The molecular formula is C18H21N3. The first-order valence-electron chi connectivity index (χ1n) is 7.87. The Hall–Kier alpha value is -1.87. The van der Waals surface area contributed by atoms with E-state index in [4.69, 9.17) is 0 Å². The monoisotopic (exact) mass is 279 g/mol. The third-order valence-corrected chi connectivity index (χ3v) is 4.71. The van der Waals surface area contributed by atoms with Gasteiger partial charge in [0, 0.05) is 31.4 Å². The maximum absolute atomic E-state index is 4.49. The predicted octanol–water partition coefficient (Wildman–Crippen LogP) is 2.61. The van der Waals surface area contributed by atoms with E-state index in [-0.39, 0.29) is 0 Å². The predicted molar refractivity (Wildman–Crippen MR) is 85.6 cm³/mol. The van der Waals surface area contributed by atoms with Crippen LogP contribution in [0, 0.1) is 0 Å². The smallest absolute Gasteiger partial charge is 0.0561 e. The van der Waals surface area contributed by atoms with Crippen molar-refractivity contribution in [1.82, 2.24) is 10.3 Å². The van der Waals surface area contributed by atoms with Gasteiger partial charge in [-0.2, -0.15) is 0 Å². The van der Waals surface area contributed by atoms with Crippen molar-refractivity contribution in [3.63, 3.8) is 0 Å². The lowest BCUT2D eigenvalue weighted by molar-refractivity contribution is 0.484. The van der Waals surface area contributed by atoms with Crippen molar-refractivity contribution < 1.29 is 0 Å². The summed E-state index contributed by atoms with van der Waals surface area (Å²) in [7, 11) is 0. The molecule has 0 saturated carbocycles. The zero-order chi connectivity index (χ0) is 14.1. The lowest BCUT2D eigenvalue weighted by Gasteiger charge is -2.37. The standard InChI is InChI=1S/C18H21N3/c1-2-4-14(5-3-1)8-15-9-18(13-19-10-15)21-16-6-7-17(21)12-20-11-16/h1-5,9-10,13,16-17,20H,6-8,11-12H2. The maximum atomic E-state index is 4.49. The number of aromatic nitrogens is 1. The molecule has 3 heteroatoms. The Balaban J connectivity index is 1.58. The van der Waals surface area contributed by atoms with E-state index in [1.54, 1.807) is 0 Å². The Morgan fingerprint density at radius 1 is 1.00 bits per heavy atom. The summed E-state index contributed by atoms with van der Waals surface area (Å²) in [4.78, 5) is 7.09. The minimum atomic E-state index is 0.650. The molecule has 2 saturated heterocycles. The van der Waals surface area contributed by atoms with Gasteiger partial charge in [0.2, 0.25) is 0 Å². The van der Waals surface area contributed by atoms with Gasteiger partial charge in [-0.1, -0.05) is 30.3 Å². The first kappa shape index (κ1) is 12.8. The van der Waals surface area contributed by atoms with Crippen LogP contribution in [0.3, 0.4) is 0 Å². The molecule has 2 atom stereocenters. The Bertz CT molecular complexity index is 595. The van der Waals surface area contributed by atoms with Crippen molar-refractivity contribution in [2.24, 2.45) is 0 Å². The molecule has 21 heavy (non-hydrogen) atoms. The van der Waals surface area contributed by atoms with Gasteiger partial charge in [-0.05, 0) is 36.5 Å². The number of hydrogen-bond acceptors (Lipinski definition) is 3. The third kappa shape index (κ3) is 2.54. The molecule has 3 nitrogen and oxygen atoms in total. The van der Waals surface area contributed by atoms with Crippen LogP contribution in [0.1, 0.15) is 24.0 Å². The molecular weight excluding hydrogens is 258 g/mol. The molecule has 3 heterocycles. The number of fused-ring (bicyclic) bond motifs is 2. The SMILES string of the molecule is c1ccc(Cc2cncc(N3C4CCC3CNC4)c2)cc1. The van der Waals surface area contributed by atoms with Crippen LogP contribution in [0.2, 0.25) is 0 Å². The van der Waals surface area contributed by atoms with E-state index in [1.165, 1.54) is 29.7 Å². The highest BCUT2D eigenvalue weighted by molar-refractivity contribution is 5.51. The summed E-state index contributed by atoms with van der Waals surface area (Å²) in [5.41, 5.74) is 3.95. The van der Waals surface area contributed by atoms with Gasteiger partial charge in [0.05, 0.1) is 11.9 Å². The zero-order valence-electron chi connectivity index (χ0n) is 12.2. The fourth-order valence-electron chi connectivity index (χ4n) is 3.74. The van der Waals surface area contributed by atoms with Crippen molar-refractivity contribution in [3.05, 3.63) is 59.9 Å². The molecule has 0 spiro atoms. The van der Waals surface area contributed by atoms with Crippen LogP contribution in [0.5, 0.6) is 0 Å². The molecule has 0 amide bonds. The number of pyridine rings is 1. The summed E-state index contributed by atoms with van der Waals surface area (Å²) >= 11 is 0. The number of nitrogens with zero attached hydrogens (tertiary/aromatic N) is 2. The van der Waals surface area contributed by atoms with Gasteiger partial charge in [0.1, 0.15) is 0 Å². The Morgan fingerprint density at radius 2 is 1.76 bits per heavy atom. The average molecular weight is 279 g/mol. The topological polar surface area (TPSA) is 28.2 Å². The van der Waals surface area contributed by atoms with Crippen LogP contribution < -0.4 is 10.2 Å². The highest BCUT2D eigenvalue weighted by Crippen LogP contribution is 2.32. The van der Waals surface area contributed by atoms with Crippen LogP contribution in [-0.2, 0) is 6.42 Å². The molecule has 0 radical (unpaired) electrons. The molecule has 2 aliphatic heterocycles. The van der Waals surface area contributed by atoms with E-state index in [9.17, 15) is 0 Å². The second-order valence-electron chi connectivity index (χ2n) is 6.16. The summed E-state index contributed by atoms with van der Waals surface area (Å²) in [6, 6.07) is 14.3. The first-order valence-corrected chi connectivity index (χ1v) is 7.87. The molecule has 2 unspecified atom stereocenters. The molecule has 1 aromatic heterocycles. The van der Waals surface area contributed by atoms with Crippen LogP contribution in [0.4, 0.5) is 5.69 Å². The van der Waals surface area contributed by atoms with Gasteiger partial charge >= 0.3 is 0 Å². The van der Waals surface area contributed by atoms with E-state index < -0.39 is 0 Å². The van der Waals surface area contributed by atoms with Gasteiger partial charge in [0.15, 0.2) is 0 Å². The van der Waals surface area contributed by atoms with Crippen molar-refractivity contribution in [2.45, 2.75) is 31.3 Å². The van der Waals surface area contributed by atoms with Crippen LogP contribution in [0.25, 0.3) is 0 Å². The van der Waals surface area contributed by atoms with Crippen LogP contribution in [-0.4, -0.2) is 30.2 Å². The summed E-state index contributed by atoms with van der Waals surface area (Å²) in [5.74, 6) is 0. The fourth-order valence-corrected chi connectivity index (χ4v) is 3.74. The average Bonchev–Trinajstić information content (AvgIpc) is 2.78. The highest BCUT2D eigenvalue weighted by atomic mass is 15.3. The molecule has 0 aliphatic carbocycles. The van der Waals surface area contributed by atoms with E-state index in [0.717, 1.165) is 19.5 Å². The normalized spacial score (nSPS) is 24.3. The molecule has 108 valence electrons. The van der Waals surface area contributed by atoms with E-state index in [1.807, 2.05) is 12.4 Å². The number of nitrogens with one attached hydrogen (secondary N) is 1. The molecule has 2 aliphatic rings. The highest BCUT2D eigenvalue weighted by Gasteiger charge is 2.36. The molecule has 2 aromatic rings. The van der Waals surface area contributed by atoms with Gasteiger partial charge in [0.25, 0.3) is 0 Å². The summed E-state index contributed by atoms with van der Waals surface area (Å²) in [6.45, 7) is 2.22. The lowest BCUT2D eigenvalue weighted by Crippen LogP contribution is -2.52. The summed E-state index contributed by atoms with van der Waals surface area (Å²) < 4.78 is 0. The van der Waals surface area contributed by atoms with Crippen molar-refractivity contribution in [1.29, 1.82) is 0 Å². The first-order chi connectivity index (χ1) is 10.4. The second-order valence-corrected chi connectivity index (χ2v) is 6.16. The minimum Gasteiger partial charge on any atom is -0.362 e. The van der Waals surface area contributed by atoms with E-state index in [2.05, 4.69) is 51.6 Å². The van der Waals surface area contributed by atoms with E-state index in [0.29, 0.717) is 12.1 Å². The van der Waals surface area contributed by atoms with E-state index >= 15 is 0 Å². The number of anilines is 1. The Labute approximate surface area is 126 Å². The summed E-state index contributed by atoms with van der Waals surface area (Å²) in [5, 5.41) is 3.54. The van der Waals surface area contributed by atoms with Crippen molar-refractivity contribution in [2.75, 3.05) is 18.0 Å². The molecule has 1 aromatic carbocycles. The van der Waals surface area contributed by atoms with Gasteiger partial charge in [-0.25, -0.2) is 0 Å². The van der Waals surface area contributed by atoms with Gasteiger partial charge < -0.3 is 10.2 Å². The quantitative estimate of drug-likeness (QED) is 0.936. The van der Waals surface area contributed by atoms with Crippen LogP contribution >= 0.6 is 0 Å². The lowest BCUT2D eigenvalue weighted by atomic mass is 10.1.